The van der Waals surface area contributed by atoms with Crippen molar-refractivity contribution in [2.24, 2.45) is 5.41 Å². The Hall–Kier alpha value is -7.50. The zero-order chi connectivity index (χ0) is 55.2. The Labute approximate surface area is 426 Å². The first-order chi connectivity index (χ1) is 35.2. The molecule has 0 spiro atoms. The van der Waals surface area contributed by atoms with Crippen LogP contribution in [0.3, 0.4) is 0 Å². The fraction of sp³-hybridized carbons (Fsp3) is 0.412. The smallest absolute Gasteiger partial charge is 0.330 e. The SMILES string of the molecule is C=CC(=O)OCC(COC(=O)C=C)(COC(=O)C=C)COC(=O)C=C.C=CC(=O)OCCOCCOCC.C=CC(=O)OCCOCCOCCOCCOC(=O)C=C.C=CC(=O)OCCOc1ccccc1. The Balaban J connectivity index is -0.000000925. The molecule has 0 fully saturated rings. The monoisotopic (exact) mass is 1030 g/mol. The van der Waals surface area contributed by atoms with Gasteiger partial charge < -0.3 is 66.3 Å². The molecule has 0 unspecified atom stereocenters. The average Bonchev–Trinajstić information content (AvgIpc) is 3.42. The molecule has 0 radical (unpaired) electrons. The van der Waals surface area contributed by atoms with E-state index in [1.165, 1.54) is 0 Å². The van der Waals surface area contributed by atoms with Gasteiger partial charge in [-0.05, 0) is 19.1 Å². The van der Waals surface area contributed by atoms with Crippen LogP contribution < -0.4 is 4.74 Å². The summed E-state index contributed by atoms with van der Waals surface area (Å²) in [6.45, 7) is 32.2. The minimum Gasteiger partial charge on any atom is -0.490 e. The molecule has 0 aliphatic carbocycles. The number of hydrogen-bond donors (Lipinski definition) is 0. The first kappa shape index (κ1) is 69.8. The molecule has 406 valence electrons. The third-order valence-corrected chi connectivity index (χ3v) is 7.49. The van der Waals surface area contributed by atoms with E-state index in [4.69, 9.17) is 61.6 Å². The highest BCUT2D eigenvalue weighted by molar-refractivity contribution is 5.83. The van der Waals surface area contributed by atoms with E-state index in [0.29, 0.717) is 72.7 Å². The van der Waals surface area contributed by atoms with Crippen LogP contribution in [-0.2, 0) is 99.9 Å². The maximum Gasteiger partial charge on any atom is 0.330 e. The molecule has 22 heteroatoms. The molecular weight excluding hydrogens is 965 g/mol. The van der Waals surface area contributed by atoms with E-state index in [9.17, 15) is 38.4 Å². The number of para-hydroxylation sites is 1. The first-order valence-electron chi connectivity index (χ1n) is 22.1. The Morgan fingerprint density at radius 1 is 0.342 bits per heavy atom. The molecule has 0 aromatic heterocycles. The summed E-state index contributed by atoms with van der Waals surface area (Å²) in [5, 5.41) is 0. The normalized spacial score (nSPS) is 9.71. The average molecular weight is 1040 g/mol. The number of ether oxygens (including phenoxy) is 14. The van der Waals surface area contributed by atoms with Crippen molar-refractivity contribution in [2.75, 3.05) is 126 Å². The number of benzene rings is 1. The van der Waals surface area contributed by atoms with Crippen molar-refractivity contribution >= 4 is 47.8 Å². The molecule has 0 bridgehead atoms. The molecule has 0 aliphatic heterocycles. The van der Waals surface area contributed by atoms with Crippen LogP contribution in [0, 0.1) is 5.41 Å². The number of carbonyl (C=O) groups excluding carboxylic acids is 8. The van der Waals surface area contributed by atoms with Gasteiger partial charge in [-0.25, -0.2) is 38.4 Å². The van der Waals surface area contributed by atoms with Crippen LogP contribution in [0.15, 0.2) is 132 Å². The maximum absolute atomic E-state index is 11.3. The topological polar surface area (TPSA) is 266 Å². The van der Waals surface area contributed by atoms with Gasteiger partial charge in [-0.2, -0.15) is 0 Å². The van der Waals surface area contributed by atoms with Crippen molar-refractivity contribution in [3.8, 4) is 5.75 Å². The Bertz CT molecular complexity index is 1680. The molecule has 73 heavy (non-hydrogen) atoms. The quantitative estimate of drug-likeness (QED) is 0.0391. The van der Waals surface area contributed by atoms with Crippen LogP contribution in [0.25, 0.3) is 0 Å². The molecule has 1 aromatic carbocycles. The van der Waals surface area contributed by atoms with Gasteiger partial charge >= 0.3 is 47.8 Å². The zero-order valence-electron chi connectivity index (χ0n) is 41.6. The largest absolute Gasteiger partial charge is 0.490 e. The predicted octanol–water partition coefficient (Wildman–Crippen LogP) is 3.95. The van der Waals surface area contributed by atoms with E-state index < -0.39 is 53.2 Å². The summed E-state index contributed by atoms with van der Waals surface area (Å²) in [5.41, 5.74) is -1.34. The second kappa shape index (κ2) is 50.9. The highest BCUT2D eigenvalue weighted by atomic mass is 16.6. The van der Waals surface area contributed by atoms with Crippen LogP contribution in [-0.4, -0.2) is 173 Å². The van der Waals surface area contributed by atoms with Gasteiger partial charge in [0.1, 0.15) is 70.6 Å². The van der Waals surface area contributed by atoms with Crippen molar-refractivity contribution in [3.05, 3.63) is 132 Å². The molecule has 0 heterocycles. The van der Waals surface area contributed by atoms with Crippen LogP contribution in [0.5, 0.6) is 5.75 Å². The minimum atomic E-state index is -1.34. The molecule has 0 aliphatic rings. The third kappa shape index (κ3) is 47.9. The van der Waals surface area contributed by atoms with Gasteiger partial charge in [0, 0.05) is 55.2 Å². The van der Waals surface area contributed by atoms with Crippen LogP contribution in [0.4, 0.5) is 0 Å². The summed E-state index contributed by atoms with van der Waals surface area (Å²) in [6, 6.07) is 9.35. The Kier molecular flexibility index (Phi) is 48.6. The molecule has 0 amide bonds. The molecule has 0 N–H and O–H groups in total. The molecular formula is C51H70O22. The lowest BCUT2D eigenvalue weighted by Crippen LogP contribution is -2.43. The second-order valence-electron chi connectivity index (χ2n) is 13.0. The van der Waals surface area contributed by atoms with Crippen molar-refractivity contribution in [1.29, 1.82) is 0 Å². The molecule has 1 rings (SSSR count). The summed E-state index contributed by atoms with van der Waals surface area (Å²) in [5.74, 6) is -4.06. The summed E-state index contributed by atoms with van der Waals surface area (Å²) in [4.78, 5) is 87.8. The van der Waals surface area contributed by atoms with Crippen molar-refractivity contribution < 1.29 is 105 Å². The van der Waals surface area contributed by atoms with E-state index in [0.717, 1.165) is 54.4 Å². The van der Waals surface area contributed by atoms with Gasteiger partial charge in [0.15, 0.2) is 0 Å². The Morgan fingerprint density at radius 3 is 0.836 bits per heavy atom. The molecule has 1 aromatic rings. The predicted molar refractivity (Wildman–Crippen MR) is 263 cm³/mol. The summed E-state index contributed by atoms with van der Waals surface area (Å²) in [7, 11) is 0. The molecule has 0 saturated heterocycles. The summed E-state index contributed by atoms with van der Waals surface area (Å²) < 4.78 is 69.6. The lowest BCUT2D eigenvalue weighted by molar-refractivity contribution is -0.164. The maximum atomic E-state index is 11.3. The summed E-state index contributed by atoms with van der Waals surface area (Å²) in [6.07, 6.45) is 8.14. The second-order valence-corrected chi connectivity index (χ2v) is 13.0. The highest BCUT2D eigenvalue weighted by Gasteiger charge is 2.37. The van der Waals surface area contributed by atoms with E-state index >= 15 is 0 Å². The van der Waals surface area contributed by atoms with Gasteiger partial charge in [-0.3, -0.25) is 0 Å². The number of rotatable bonds is 39. The molecule has 0 atom stereocenters. The number of esters is 8. The van der Waals surface area contributed by atoms with Gasteiger partial charge in [-0.15, -0.1) is 0 Å². The van der Waals surface area contributed by atoms with Crippen molar-refractivity contribution in [2.45, 2.75) is 6.92 Å². The molecule has 0 saturated carbocycles. The van der Waals surface area contributed by atoms with Crippen LogP contribution in [0.1, 0.15) is 6.92 Å². The van der Waals surface area contributed by atoms with E-state index in [2.05, 4.69) is 57.4 Å². The zero-order valence-corrected chi connectivity index (χ0v) is 41.6. The lowest BCUT2D eigenvalue weighted by atomic mass is 9.92. The van der Waals surface area contributed by atoms with Gasteiger partial charge in [-0.1, -0.05) is 70.8 Å². The fourth-order valence-electron chi connectivity index (χ4n) is 3.95. The fourth-order valence-corrected chi connectivity index (χ4v) is 3.95. The van der Waals surface area contributed by atoms with E-state index in [1.54, 1.807) is 0 Å². The third-order valence-electron chi connectivity index (χ3n) is 7.49. The van der Waals surface area contributed by atoms with Crippen LogP contribution >= 0.6 is 0 Å². The first-order valence-corrected chi connectivity index (χ1v) is 22.1. The van der Waals surface area contributed by atoms with E-state index in [-0.39, 0.29) is 52.9 Å². The number of hydrogen-bond acceptors (Lipinski definition) is 22. The van der Waals surface area contributed by atoms with E-state index in [1.807, 2.05) is 37.3 Å². The van der Waals surface area contributed by atoms with Crippen molar-refractivity contribution in [1.82, 2.24) is 0 Å². The Morgan fingerprint density at radius 2 is 0.575 bits per heavy atom. The standard InChI is InChI=1S/C17H20O8.C14H22O7.C11H12O3.C9H16O4/c1-5-13(18)22-9-17(10-23-14(19)6-2,11-24-15(20)7-3)12-25-16(21)8-4;1-3-13(15)20-11-9-18-7-5-17-6-8-19-10-12-21-14(16)4-2;1-2-11(12)14-9-8-13-10-6-4-3-5-7-10;1-3-9(10)13-8-7-12-6-5-11-4-2/h5-8H,1-4,9-12H2;3-4H,1-2,5-12H2;2-7H,1,8-9H2;3H,1,4-8H2,2H3. The minimum absolute atomic E-state index is 0.192. The van der Waals surface area contributed by atoms with Gasteiger partial charge in [0.25, 0.3) is 0 Å². The van der Waals surface area contributed by atoms with Gasteiger partial charge in [0.2, 0.25) is 0 Å². The van der Waals surface area contributed by atoms with Crippen LogP contribution in [0.2, 0.25) is 0 Å². The number of carbonyl (C=O) groups is 8. The van der Waals surface area contributed by atoms with Gasteiger partial charge in [0.05, 0.1) is 59.5 Å². The highest BCUT2D eigenvalue weighted by Crippen LogP contribution is 2.22. The van der Waals surface area contributed by atoms with Crippen molar-refractivity contribution in [3.63, 3.8) is 0 Å². The summed E-state index contributed by atoms with van der Waals surface area (Å²) >= 11 is 0. The molecule has 22 nitrogen and oxygen atoms in total. The lowest BCUT2D eigenvalue weighted by Gasteiger charge is -2.31.